The van der Waals surface area contributed by atoms with Gasteiger partial charge in [0.2, 0.25) is 11.9 Å². The predicted molar refractivity (Wildman–Crippen MR) is 168 cm³/mol. The van der Waals surface area contributed by atoms with E-state index in [2.05, 4.69) is 20.4 Å². The van der Waals surface area contributed by atoms with Crippen LogP contribution in [0.3, 0.4) is 0 Å². The van der Waals surface area contributed by atoms with E-state index >= 15 is 0 Å². The summed E-state index contributed by atoms with van der Waals surface area (Å²) in [7, 11) is 0. The van der Waals surface area contributed by atoms with Crippen molar-refractivity contribution < 1.29 is 23.8 Å². The van der Waals surface area contributed by atoms with Crippen LogP contribution in [0.15, 0.2) is 42.5 Å². The van der Waals surface area contributed by atoms with Crippen LogP contribution < -0.4 is 20.4 Å². The first-order valence-corrected chi connectivity index (χ1v) is 15.9. The molecule has 234 valence electrons. The fraction of sp³-hybridized carbons (Fsp3) is 0.485. The quantitative estimate of drug-likeness (QED) is 0.375. The highest BCUT2D eigenvalue weighted by Gasteiger charge is 2.42. The molecule has 6 heterocycles. The minimum Gasteiger partial charge on any atom is -0.454 e. The fourth-order valence-corrected chi connectivity index (χ4v) is 7.42. The zero-order chi connectivity index (χ0) is 30.7. The maximum atomic E-state index is 12.9. The van der Waals surface area contributed by atoms with Crippen LogP contribution in [0.5, 0.6) is 0 Å². The number of benzene rings is 2. The molecular formula is C33H37N7O5. The lowest BCUT2D eigenvalue weighted by molar-refractivity contribution is 0.0280. The van der Waals surface area contributed by atoms with Crippen molar-refractivity contribution in [1.29, 1.82) is 0 Å². The third-order valence-corrected chi connectivity index (χ3v) is 9.63. The Morgan fingerprint density at radius 1 is 0.778 bits per heavy atom. The first-order valence-electron chi connectivity index (χ1n) is 15.9. The molecule has 2 aromatic carbocycles. The standard InChI is InChI=1S/C33H37N7O5/c1-18(2)28-27-13-21(7-12-26(27)30(41)45-28)35-33(42)34-20-5-3-19(4-6-20)29-36-31(39-22-8-9-23(39)15-43-14-22)38-32(37-29)40-24-10-11-25(40)17-44-16-24/h3-7,12-13,18,22-25,28H,8-11,14-17H2,1-2H3,(H2,34,35,42)/t22-,23+,24?,25?,28?. The van der Waals surface area contributed by atoms with Gasteiger partial charge >= 0.3 is 12.0 Å². The van der Waals surface area contributed by atoms with Crippen molar-refractivity contribution in [3.8, 4) is 11.4 Å². The number of fused-ring (bicyclic) bond motifs is 5. The van der Waals surface area contributed by atoms with Crippen LogP contribution in [0, 0.1) is 5.92 Å². The van der Waals surface area contributed by atoms with Gasteiger partial charge < -0.3 is 34.6 Å². The van der Waals surface area contributed by atoms with Crippen molar-refractivity contribution in [3.63, 3.8) is 0 Å². The summed E-state index contributed by atoms with van der Waals surface area (Å²) in [5.74, 6) is 1.82. The Kier molecular flexibility index (Phi) is 7.05. The van der Waals surface area contributed by atoms with E-state index in [4.69, 9.17) is 29.2 Å². The van der Waals surface area contributed by atoms with Crippen molar-refractivity contribution in [1.82, 2.24) is 15.0 Å². The summed E-state index contributed by atoms with van der Waals surface area (Å²) in [4.78, 5) is 44.8. The monoisotopic (exact) mass is 611 g/mol. The highest BCUT2D eigenvalue weighted by atomic mass is 16.5. The third kappa shape index (κ3) is 5.15. The normalized spacial score (nSPS) is 26.6. The molecule has 5 aliphatic heterocycles. The topological polar surface area (TPSA) is 131 Å². The van der Waals surface area contributed by atoms with Gasteiger partial charge in [-0.3, -0.25) is 0 Å². The van der Waals surface area contributed by atoms with Crippen LogP contribution in [0.4, 0.5) is 28.1 Å². The zero-order valence-electron chi connectivity index (χ0n) is 25.4. The summed E-state index contributed by atoms with van der Waals surface area (Å²) in [6.07, 6.45) is 3.96. The molecule has 0 saturated carbocycles. The molecule has 4 fully saturated rings. The Labute approximate surface area is 261 Å². The van der Waals surface area contributed by atoms with Gasteiger partial charge in [-0.2, -0.15) is 15.0 Å². The molecule has 3 aromatic rings. The van der Waals surface area contributed by atoms with E-state index < -0.39 is 0 Å². The van der Waals surface area contributed by atoms with Gasteiger partial charge in [-0.25, -0.2) is 9.59 Å². The molecule has 5 aliphatic rings. The number of carbonyl (C=O) groups excluding carboxylic acids is 2. The van der Waals surface area contributed by atoms with Gasteiger partial charge in [-0.1, -0.05) is 13.8 Å². The van der Waals surface area contributed by atoms with Crippen molar-refractivity contribution in [2.45, 2.75) is 69.8 Å². The highest BCUT2D eigenvalue weighted by Crippen LogP contribution is 2.38. The second-order valence-electron chi connectivity index (χ2n) is 12.9. The molecule has 3 unspecified atom stereocenters. The summed E-state index contributed by atoms with van der Waals surface area (Å²) < 4.78 is 17.2. The van der Waals surface area contributed by atoms with E-state index in [9.17, 15) is 9.59 Å². The molecule has 12 heteroatoms. The van der Waals surface area contributed by atoms with Crippen LogP contribution in [-0.4, -0.2) is 77.5 Å². The van der Waals surface area contributed by atoms with Gasteiger partial charge in [0.1, 0.15) is 6.10 Å². The number of anilines is 4. The van der Waals surface area contributed by atoms with E-state index in [1.807, 2.05) is 44.2 Å². The van der Waals surface area contributed by atoms with Crippen LogP contribution in [0.25, 0.3) is 11.4 Å². The lowest BCUT2D eigenvalue weighted by Crippen LogP contribution is -2.48. The Morgan fingerprint density at radius 3 is 1.87 bits per heavy atom. The van der Waals surface area contributed by atoms with Gasteiger partial charge in [-0.05, 0) is 74.1 Å². The summed E-state index contributed by atoms with van der Waals surface area (Å²) in [6, 6.07) is 13.5. The number of esters is 1. The third-order valence-electron chi connectivity index (χ3n) is 9.63. The van der Waals surface area contributed by atoms with Crippen molar-refractivity contribution in [2.75, 3.05) is 46.9 Å². The van der Waals surface area contributed by atoms with Gasteiger partial charge in [0.25, 0.3) is 0 Å². The number of ether oxygens (including phenoxy) is 3. The molecular weight excluding hydrogens is 574 g/mol. The molecule has 1 aromatic heterocycles. The number of nitrogens with zero attached hydrogens (tertiary/aromatic N) is 5. The van der Waals surface area contributed by atoms with E-state index in [1.54, 1.807) is 12.1 Å². The van der Waals surface area contributed by atoms with Crippen LogP contribution in [-0.2, 0) is 14.2 Å². The number of hydrogen-bond donors (Lipinski definition) is 2. The van der Waals surface area contributed by atoms with Crippen LogP contribution in [0.1, 0.15) is 61.6 Å². The fourth-order valence-electron chi connectivity index (χ4n) is 7.42. The molecule has 45 heavy (non-hydrogen) atoms. The average Bonchev–Trinajstić information content (AvgIpc) is 3.60. The van der Waals surface area contributed by atoms with Crippen LogP contribution >= 0.6 is 0 Å². The SMILES string of the molecule is CC(C)C1OC(=O)c2ccc(NC(=O)Nc3ccc(-c4nc(N5C6CCC5COC6)nc(N5[C@@H]6CC[C@H]5COC6)n4)cc3)cc21. The molecule has 2 N–H and O–H groups in total. The number of urea groups is 1. The number of cyclic esters (lactones) is 1. The van der Waals surface area contributed by atoms with E-state index in [1.165, 1.54) is 0 Å². The Morgan fingerprint density at radius 2 is 1.31 bits per heavy atom. The van der Waals surface area contributed by atoms with Crippen molar-refractivity contribution in [3.05, 3.63) is 53.6 Å². The number of hydrogen-bond acceptors (Lipinski definition) is 10. The molecule has 4 bridgehead atoms. The number of aromatic nitrogens is 3. The lowest BCUT2D eigenvalue weighted by atomic mass is 9.97. The largest absolute Gasteiger partial charge is 0.454 e. The molecule has 12 nitrogen and oxygen atoms in total. The Balaban J connectivity index is 1.03. The molecule has 4 saturated heterocycles. The number of rotatable bonds is 6. The number of morpholine rings is 2. The summed E-state index contributed by atoms with van der Waals surface area (Å²) in [6.45, 7) is 6.76. The van der Waals surface area contributed by atoms with E-state index in [-0.39, 0.29) is 48.2 Å². The Bertz CT molecular complexity index is 1550. The second kappa shape index (κ2) is 11.3. The molecule has 0 aliphatic carbocycles. The molecule has 0 spiro atoms. The highest BCUT2D eigenvalue weighted by molar-refractivity contribution is 6.01. The maximum absolute atomic E-state index is 12.9. The molecule has 5 atom stereocenters. The lowest BCUT2D eigenvalue weighted by Gasteiger charge is -2.37. The van der Waals surface area contributed by atoms with Gasteiger partial charge in [0.15, 0.2) is 5.82 Å². The van der Waals surface area contributed by atoms with Gasteiger partial charge in [0, 0.05) is 22.5 Å². The van der Waals surface area contributed by atoms with E-state index in [0.717, 1.165) is 36.8 Å². The smallest absolute Gasteiger partial charge is 0.339 e. The minimum atomic E-state index is -0.385. The molecule has 0 radical (unpaired) electrons. The summed E-state index contributed by atoms with van der Waals surface area (Å²) in [5, 5.41) is 5.78. The predicted octanol–water partition coefficient (Wildman–Crippen LogP) is 4.79. The van der Waals surface area contributed by atoms with E-state index in [0.29, 0.717) is 61.1 Å². The summed E-state index contributed by atoms with van der Waals surface area (Å²) >= 11 is 0. The van der Waals surface area contributed by atoms with Gasteiger partial charge in [0.05, 0.1) is 56.2 Å². The second-order valence-corrected chi connectivity index (χ2v) is 12.9. The number of nitrogens with one attached hydrogen (secondary N) is 2. The van der Waals surface area contributed by atoms with Crippen LogP contribution in [0.2, 0.25) is 0 Å². The summed E-state index contributed by atoms with van der Waals surface area (Å²) in [5.41, 5.74) is 3.40. The number of carbonyl (C=O) groups is 2. The van der Waals surface area contributed by atoms with Gasteiger partial charge in [-0.15, -0.1) is 0 Å². The number of amides is 2. The average molecular weight is 612 g/mol. The van der Waals surface area contributed by atoms with Crippen molar-refractivity contribution >= 4 is 35.3 Å². The molecule has 8 rings (SSSR count). The first-order chi connectivity index (χ1) is 21.9. The minimum absolute atomic E-state index is 0.127. The Hall–Kier alpha value is -4.29. The maximum Gasteiger partial charge on any atom is 0.339 e. The van der Waals surface area contributed by atoms with Crippen molar-refractivity contribution in [2.24, 2.45) is 5.92 Å². The first kappa shape index (κ1) is 28.2. The molecule has 2 amide bonds. The zero-order valence-corrected chi connectivity index (χ0v) is 25.4.